The molecule has 1 heterocycles. The summed E-state index contributed by atoms with van der Waals surface area (Å²) in [5.41, 5.74) is 2.37. The molecule has 3 rings (SSSR count). The molecule has 5 heteroatoms. The Morgan fingerprint density at radius 1 is 0.769 bits per heavy atom. The van der Waals surface area contributed by atoms with Gasteiger partial charge in [-0.25, -0.2) is 4.79 Å². The molecule has 1 aliphatic heterocycles. The number of carbonyl (C=O) groups is 1. The van der Waals surface area contributed by atoms with Gasteiger partial charge in [-0.15, -0.1) is 0 Å². The number of hydrogen-bond donors (Lipinski definition) is 0. The van der Waals surface area contributed by atoms with Crippen molar-refractivity contribution < 1.29 is 18.6 Å². The van der Waals surface area contributed by atoms with Gasteiger partial charge < -0.3 is 13.8 Å². The Kier molecular flexibility index (Phi) is 5.58. The Morgan fingerprint density at radius 3 is 1.81 bits per heavy atom. The van der Waals surface area contributed by atoms with Crippen molar-refractivity contribution in [1.29, 1.82) is 0 Å². The molecule has 4 nitrogen and oxygen atoms in total. The van der Waals surface area contributed by atoms with Crippen LogP contribution in [0.2, 0.25) is 0 Å². The summed E-state index contributed by atoms with van der Waals surface area (Å²) in [4.78, 5) is 12.3. The summed E-state index contributed by atoms with van der Waals surface area (Å²) in [5, 5.41) is 1.70. The topological polar surface area (TPSA) is 44.8 Å². The molecule has 0 fully saturated rings. The Hall–Kier alpha value is -2.39. The smallest absolute Gasteiger partial charge is 0.337 e. The van der Waals surface area contributed by atoms with Gasteiger partial charge in [0.2, 0.25) is 0 Å². The zero-order chi connectivity index (χ0) is 18.6. The third-order valence-electron chi connectivity index (χ3n) is 4.29. The van der Waals surface area contributed by atoms with Crippen LogP contribution in [0.1, 0.15) is 11.1 Å². The van der Waals surface area contributed by atoms with Gasteiger partial charge in [-0.3, -0.25) is 0 Å². The molecular formula is C21H21O4P. The number of esters is 1. The number of ether oxygens (including phenoxy) is 1. The van der Waals surface area contributed by atoms with Crippen LogP contribution in [0.5, 0.6) is 0 Å². The third kappa shape index (κ3) is 3.19. The highest BCUT2D eigenvalue weighted by Gasteiger charge is 2.33. The molecule has 0 aromatic heterocycles. The third-order valence-corrected chi connectivity index (χ3v) is 7.36. The number of hydrogen-bond acceptors (Lipinski definition) is 4. The Bertz CT molecular complexity index is 904. The number of benzene rings is 2. The van der Waals surface area contributed by atoms with Crippen LogP contribution in [0.25, 0.3) is 5.31 Å². The van der Waals surface area contributed by atoms with Crippen molar-refractivity contribution in [1.82, 2.24) is 0 Å². The van der Waals surface area contributed by atoms with Crippen molar-refractivity contribution in [3.63, 3.8) is 0 Å². The zero-order valence-corrected chi connectivity index (χ0v) is 15.9. The Morgan fingerprint density at radius 2 is 1.31 bits per heavy atom. The van der Waals surface area contributed by atoms with Gasteiger partial charge in [-0.2, -0.15) is 0 Å². The molecule has 0 saturated heterocycles. The van der Waals surface area contributed by atoms with E-state index >= 15 is 0 Å². The fourth-order valence-corrected chi connectivity index (χ4v) is 5.86. The van der Waals surface area contributed by atoms with Crippen molar-refractivity contribution in [3.8, 4) is 0 Å². The first kappa shape index (κ1) is 18.4. The van der Waals surface area contributed by atoms with Crippen molar-refractivity contribution >= 4 is 23.9 Å². The number of methoxy groups -OCH3 is 1. The van der Waals surface area contributed by atoms with Crippen LogP contribution in [0, 0.1) is 0 Å². The molecule has 0 saturated carbocycles. The van der Waals surface area contributed by atoms with Gasteiger partial charge in [0.05, 0.1) is 12.7 Å². The van der Waals surface area contributed by atoms with Crippen molar-refractivity contribution in [2.45, 2.75) is 0 Å². The average Bonchev–Trinajstić information content (AvgIpc) is 2.73. The Balaban J connectivity index is 2.37. The van der Waals surface area contributed by atoms with Crippen LogP contribution in [0.3, 0.4) is 0 Å². The van der Waals surface area contributed by atoms with E-state index < -0.39 is 13.3 Å². The van der Waals surface area contributed by atoms with Gasteiger partial charge in [-0.05, 0) is 23.3 Å². The van der Waals surface area contributed by atoms with Gasteiger partial charge >= 0.3 is 5.97 Å². The minimum Gasteiger partial charge on any atom is -0.465 e. The van der Waals surface area contributed by atoms with E-state index in [9.17, 15) is 4.79 Å². The molecule has 0 amide bonds. The number of carbonyl (C=O) groups excluding carboxylic acids is 1. The van der Waals surface area contributed by atoms with E-state index in [0.29, 0.717) is 5.57 Å². The van der Waals surface area contributed by atoms with Crippen LogP contribution in [-0.4, -0.2) is 32.6 Å². The lowest BCUT2D eigenvalue weighted by atomic mass is 10.1. The summed E-state index contributed by atoms with van der Waals surface area (Å²) in [6.07, 6.45) is 3.63. The summed E-state index contributed by atoms with van der Waals surface area (Å²) in [5.74, 6) is -0.392. The fraction of sp³-hybridized carbons (Fsp3) is 0.143. The summed E-state index contributed by atoms with van der Waals surface area (Å²) in [6.45, 7) is 0. The quantitative estimate of drug-likeness (QED) is 0.576. The molecule has 0 spiro atoms. The lowest BCUT2D eigenvalue weighted by Gasteiger charge is -2.32. The molecule has 0 N–H and O–H groups in total. The second-order valence-electron chi connectivity index (χ2n) is 5.65. The van der Waals surface area contributed by atoms with Crippen molar-refractivity contribution in [3.05, 3.63) is 89.5 Å². The zero-order valence-electron chi connectivity index (χ0n) is 15.0. The molecule has 1 aliphatic rings. The van der Waals surface area contributed by atoms with Gasteiger partial charge in [0.25, 0.3) is 0 Å². The average molecular weight is 368 g/mol. The first-order valence-electron chi connectivity index (χ1n) is 8.17. The van der Waals surface area contributed by atoms with E-state index in [-0.39, 0.29) is 0 Å². The molecule has 0 unspecified atom stereocenters. The minimum absolute atomic E-state index is 0.392. The minimum atomic E-state index is -2.61. The van der Waals surface area contributed by atoms with Gasteiger partial charge in [0, 0.05) is 24.8 Å². The van der Waals surface area contributed by atoms with E-state index in [4.69, 9.17) is 13.8 Å². The predicted molar refractivity (Wildman–Crippen MR) is 106 cm³/mol. The summed E-state index contributed by atoms with van der Waals surface area (Å²) in [6, 6.07) is 19.7. The van der Waals surface area contributed by atoms with Crippen molar-refractivity contribution in [2.75, 3.05) is 21.3 Å². The lowest BCUT2D eigenvalue weighted by molar-refractivity contribution is -0.135. The van der Waals surface area contributed by atoms with Crippen LogP contribution >= 0.6 is 7.34 Å². The number of rotatable bonds is 5. The van der Waals surface area contributed by atoms with E-state index in [1.807, 2.05) is 72.8 Å². The molecule has 0 bridgehead atoms. The predicted octanol–water partition coefficient (Wildman–Crippen LogP) is 4.50. The van der Waals surface area contributed by atoms with Gasteiger partial charge in [0.1, 0.15) is 0 Å². The highest BCUT2D eigenvalue weighted by Crippen LogP contribution is 2.64. The van der Waals surface area contributed by atoms with E-state index in [2.05, 4.69) is 0 Å². The van der Waals surface area contributed by atoms with Crippen LogP contribution in [0.4, 0.5) is 0 Å². The fourth-order valence-electron chi connectivity index (χ4n) is 3.06. The molecular weight excluding hydrogens is 347 g/mol. The Labute approximate surface area is 153 Å². The summed E-state index contributed by atoms with van der Waals surface area (Å²) in [7, 11) is 2.06. The first-order valence-corrected chi connectivity index (χ1v) is 9.80. The van der Waals surface area contributed by atoms with E-state index in [0.717, 1.165) is 21.7 Å². The summed E-state index contributed by atoms with van der Waals surface area (Å²) >= 11 is 0. The molecule has 0 aliphatic carbocycles. The van der Waals surface area contributed by atoms with Crippen molar-refractivity contribution in [2.24, 2.45) is 0 Å². The van der Waals surface area contributed by atoms with Crippen LogP contribution < -0.4 is 0 Å². The highest BCUT2D eigenvalue weighted by atomic mass is 31.2. The maximum absolute atomic E-state index is 12.3. The van der Waals surface area contributed by atoms with Gasteiger partial charge in [-0.1, -0.05) is 60.7 Å². The highest BCUT2D eigenvalue weighted by molar-refractivity contribution is 7.78. The molecule has 26 heavy (non-hydrogen) atoms. The second-order valence-corrected chi connectivity index (χ2v) is 8.45. The van der Waals surface area contributed by atoms with Crippen LogP contribution in [-0.2, 0) is 18.6 Å². The normalized spacial score (nSPS) is 15.9. The molecule has 2 aromatic carbocycles. The van der Waals surface area contributed by atoms with E-state index in [1.54, 1.807) is 14.2 Å². The van der Waals surface area contributed by atoms with Gasteiger partial charge in [0.15, 0.2) is 7.34 Å². The SMILES string of the molecule is COC(=O)C1=CC(c2ccccc2)=P(OC)(OC)C(c2ccccc2)=C1. The monoisotopic (exact) mass is 368 g/mol. The largest absolute Gasteiger partial charge is 0.465 e. The maximum atomic E-state index is 12.3. The molecule has 2 aromatic rings. The standard InChI is InChI=1S/C21H21O4P/c1-23-21(22)18-14-19(16-10-6-4-7-11-16)26(24-2,25-3)20(15-18)17-12-8-5-9-13-17/h4-15H,1-3H3. The molecule has 134 valence electrons. The lowest BCUT2D eigenvalue weighted by Crippen LogP contribution is -2.15. The first-order chi connectivity index (χ1) is 12.7. The van der Waals surface area contributed by atoms with Crippen LogP contribution in [0.15, 0.2) is 78.4 Å². The maximum Gasteiger partial charge on any atom is 0.337 e. The number of allylic oxidation sites excluding steroid dienone is 1. The summed E-state index contributed by atoms with van der Waals surface area (Å²) < 4.78 is 17.0. The van der Waals surface area contributed by atoms with E-state index in [1.165, 1.54) is 7.11 Å². The molecule has 0 atom stereocenters. The molecule has 0 radical (unpaired) electrons. The second kappa shape index (κ2) is 7.88.